The van der Waals surface area contributed by atoms with E-state index >= 15 is 0 Å². The lowest BCUT2D eigenvalue weighted by atomic mass is 10.0. The van der Waals surface area contributed by atoms with E-state index in [1.807, 2.05) is 0 Å². The number of carbonyl (C=O) groups excluding carboxylic acids is 4. The maximum atomic E-state index is 13.1. The van der Waals surface area contributed by atoms with Crippen LogP contribution in [0.25, 0.3) is 0 Å². The number of unbranched alkanes of at least 4 members (excludes halogenated alkanes) is 50. The van der Waals surface area contributed by atoms with Gasteiger partial charge in [-0.25, -0.2) is 9.13 Å². The summed E-state index contributed by atoms with van der Waals surface area (Å²) in [5.74, 6) is 0.277. The second kappa shape index (κ2) is 74.2. The van der Waals surface area contributed by atoms with Crippen molar-refractivity contribution in [2.75, 3.05) is 39.6 Å². The van der Waals surface area contributed by atoms with Gasteiger partial charge in [-0.15, -0.1) is 0 Å². The Morgan fingerprint density at radius 2 is 0.447 bits per heavy atom. The van der Waals surface area contributed by atoms with Crippen LogP contribution in [0.4, 0.5) is 0 Å². The Labute approximate surface area is 632 Å². The Hall–Kier alpha value is -1.94. The molecule has 0 aromatic rings. The number of phosphoric ester groups is 2. The highest BCUT2D eigenvalue weighted by atomic mass is 31.2. The molecule has 0 saturated heterocycles. The molecule has 0 aliphatic heterocycles. The molecule has 0 saturated carbocycles. The zero-order valence-electron chi connectivity index (χ0n) is 67.8. The molecular weight excluding hydrogens is 1340 g/mol. The second-order valence-corrected chi connectivity index (χ2v) is 34.6. The van der Waals surface area contributed by atoms with Crippen LogP contribution in [0.15, 0.2) is 0 Å². The molecule has 0 spiro atoms. The first kappa shape index (κ1) is 101. The van der Waals surface area contributed by atoms with Crippen molar-refractivity contribution in [1.29, 1.82) is 0 Å². The molecule has 0 aliphatic rings. The van der Waals surface area contributed by atoms with Crippen LogP contribution in [-0.4, -0.2) is 96.7 Å². The van der Waals surface area contributed by atoms with Crippen LogP contribution in [0.3, 0.4) is 0 Å². The summed E-state index contributed by atoms with van der Waals surface area (Å²) in [6.07, 6.45) is 63.9. The Kier molecular flexibility index (Phi) is 72.8. The van der Waals surface area contributed by atoms with Gasteiger partial charge in [0.25, 0.3) is 0 Å². The third kappa shape index (κ3) is 78.0. The molecule has 0 aromatic heterocycles. The molecule has 103 heavy (non-hydrogen) atoms. The number of ether oxygens (including phenoxy) is 4. The number of carbonyl (C=O) groups is 4. The van der Waals surface area contributed by atoms with Gasteiger partial charge in [-0.2, -0.15) is 0 Å². The largest absolute Gasteiger partial charge is 0.472 e. The van der Waals surface area contributed by atoms with Crippen LogP contribution < -0.4 is 0 Å². The van der Waals surface area contributed by atoms with Crippen LogP contribution in [0.5, 0.6) is 0 Å². The van der Waals surface area contributed by atoms with Gasteiger partial charge < -0.3 is 33.8 Å². The van der Waals surface area contributed by atoms with E-state index in [9.17, 15) is 43.2 Å². The summed E-state index contributed by atoms with van der Waals surface area (Å²) in [5.41, 5.74) is 0. The predicted molar refractivity (Wildman–Crippen MR) is 423 cm³/mol. The Morgan fingerprint density at radius 1 is 0.262 bits per heavy atom. The predicted octanol–water partition coefficient (Wildman–Crippen LogP) is 25.3. The van der Waals surface area contributed by atoms with E-state index in [0.29, 0.717) is 25.7 Å². The lowest BCUT2D eigenvalue weighted by Gasteiger charge is -2.21. The Morgan fingerprint density at radius 3 is 0.660 bits per heavy atom. The summed E-state index contributed by atoms with van der Waals surface area (Å²) in [6, 6.07) is 0. The second-order valence-electron chi connectivity index (χ2n) is 31.6. The van der Waals surface area contributed by atoms with Crippen molar-refractivity contribution in [3.8, 4) is 0 Å². The van der Waals surface area contributed by atoms with Gasteiger partial charge in [0.1, 0.15) is 19.3 Å². The number of esters is 4. The third-order valence-corrected chi connectivity index (χ3v) is 21.5. The van der Waals surface area contributed by atoms with Gasteiger partial charge in [-0.3, -0.25) is 37.3 Å². The van der Waals surface area contributed by atoms with Crippen LogP contribution in [-0.2, 0) is 65.4 Å². The van der Waals surface area contributed by atoms with Crippen LogP contribution >= 0.6 is 15.6 Å². The fraction of sp³-hybridized carbons (Fsp3) is 0.952. The molecule has 5 atom stereocenters. The summed E-state index contributed by atoms with van der Waals surface area (Å²) in [4.78, 5) is 73.1. The molecule has 3 N–H and O–H groups in total. The van der Waals surface area contributed by atoms with Gasteiger partial charge in [0.15, 0.2) is 12.2 Å². The summed E-state index contributed by atoms with van der Waals surface area (Å²) < 4.78 is 68.8. The molecular formula is C84H164O17P2. The van der Waals surface area contributed by atoms with Gasteiger partial charge in [0, 0.05) is 25.7 Å². The lowest BCUT2D eigenvalue weighted by molar-refractivity contribution is -0.161. The van der Waals surface area contributed by atoms with Crippen molar-refractivity contribution in [3.63, 3.8) is 0 Å². The van der Waals surface area contributed by atoms with Gasteiger partial charge in [-0.05, 0) is 43.4 Å². The highest BCUT2D eigenvalue weighted by Gasteiger charge is 2.30. The van der Waals surface area contributed by atoms with Gasteiger partial charge >= 0.3 is 39.5 Å². The normalized spacial score (nSPS) is 13.9. The summed E-state index contributed by atoms with van der Waals surface area (Å²) >= 11 is 0. The number of rotatable bonds is 82. The zero-order valence-corrected chi connectivity index (χ0v) is 69.6. The molecule has 19 heteroatoms. The zero-order chi connectivity index (χ0) is 75.8. The van der Waals surface area contributed by atoms with Crippen molar-refractivity contribution in [3.05, 3.63) is 0 Å². The number of aliphatic hydroxyl groups is 1. The fourth-order valence-corrected chi connectivity index (χ4v) is 14.6. The molecule has 17 nitrogen and oxygen atoms in total. The van der Waals surface area contributed by atoms with E-state index < -0.39 is 97.5 Å². The third-order valence-electron chi connectivity index (χ3n) is 19.6. The maximum absolute atomic E-state index is 13.1. The lowest BCUT2D eigenvalue weighted by Crippen LogP contribution is -2.30. The molecule has 0 aromatic carbocycles. The first-order chi connectivity index (χ1) is 49.7. The fourth-order valence-electron chi connectivity index (χ4n) is 13.0. The quantitative estimate of drug-likeness (QED) is 0.0222. The van der Waals surface area contributed by atoms with Crippen LogP contribution in [0.1, 0.15) is 440 Å². The van der Waals surface area contributed by atoms with E-state index in [1.165, 1.54) is 250 Å². The van der Waals surface area contributed by atoms with E-state index in [2.05, 4.69) is 48.5 Å². The van der Waals surface area contributed by atoms with Crippen molar-refractivity contribution < 1.29 is 80.2 Å². The highest BCUT2D eigenvalue weighted by Crippen LogP contribution is 2.45. The molecule has 0 fully saturated rings. The summed E-state index contributed by atoms with van der Waals surface area (Å²) in [7, 11) is -9.92. The van der Waals surface area contributed by atoms with Gasteiger partial charge in [0.2, 0.25) is 0 Å². The average molecular weight is 1510 g/mol. The van der Waals surface area contributed by atoms with Crippen LogP contribution in [0, 0.1) is 17.8 Å². The van der Waals surface area contributed by atoms with E-state index in [4.69, 9.17) is 37.0 Å². The van der Waals surface area contributed by atoms with Crippen molar-refractivity contribution in [2.45, 2.75) is 458 Å². The molecule has 612 valence electrons. The Balaban J connectivity index is 5.22. The SMILES string of the molecule is CCCCCCCCCCCCC(=O)OC[C@H](COP(=O)(O)OC[C@H](O)COP(=O)(O)OC[C@@H](COC(=O)CCCCCCCCCCCCCCCCCCC(C)C)OC(=O)CCCCCCCCCCCCCCCCCCCCC(C)C)OC(=O)CCCCCCCCCCCCC(C)C. The molecule has 0 heterocycles. The Bertz CT molecular complexity index is 1990. The topological polar surface area (TPSA) is 237 Å². The van der Waals surface area contributed by atoms with E-state index in [1.54, 1.807) is 0 Å². The number of phosphoric acid groups is 2. The minimum atomic E-state index is -4.96. The minimum Gasteiger partial charge on any atom is -0.462 e. The molecule has 0 aliphatic carbocycles. The molecule has 0 radical (unpaired) electrons. The van der Waals surface area contributed by atoms with Crippen molar-refractivity contribution >= 4 is 39.5 Å². The van der Waals surface area contributed by atoms with Crippen molar-refractivity contribution in [2.24, 2.45) is 17.8 Å². The smallest absolute Gasteiger partial charge is 0.462 e. The molecule has 2 unspecified atom stereocenters. The van der Waals surface area contributed by atoms with Gasteiger partial charge in [-0.1, -0.05) is 389 Å². The standard InChI is InChI=1S/C84H164O17P2/c1-8-9-10-11-12-13-37-44-51-58-65-81(86)94-71-79(101-84(89)68-61-54-47-40-33-32-36-43-50-57-64-77(6)7)73-98-102(90,91)96-69-78(85)70-97-103(92,93)99-74-80(72-95-82(87)66-59-52-45-38-30-26-22-19-18-21-25-29-35-42-49-56-63-76(4)5)100-83(88)67-60-53-46-39-31-27-23-17-15-14-16-20-24-28-34-41-48-55-62-75(2)3/h75-80,85H,8-74H2,1-7H3,(H,90,91)(H,92,93)/t78-,79+,80+/m0/s1. The van der Waals surface area contributed by atoms with Crippen molar-refractivity contribution in [1.82, 2.24) is 0 Å². The van der Waals surface area contributed by atoms with E-state index in [0.717, 1.165) is 108 Å². The van der Waals surface area contributed by atoms with E-state index in [-0.39, 0.29) is 25.7 Å². The molecule has 0 rings (SSSR count). The first-order valence-electron chi connectivity index (χ1n) is 43.3. The number of hydrogen-bond donors (Lipinski definition) is 3. The average Bonchev–Trinajstić information content (AvgIpc) is 0.955. The molecule has 0 amide bonds. The maximum Gasteiger partial charge on any atom is 0.472 e. The summed E-state index contributed by atoms with van der Waals surface area (Å²) in [6.45, 7) is 12.0. The van der Waals surface area contributed by atoms with Gasteiger partial charge in [0.05, 0.1) is 26.4 Å². The minimum absolute atomic E-state index is 0.106. The first-order valence-corrected chi connectivity index (χ1v) is 46.3. The number of hydrogen-bond acceptors (Lipinski definition) is 15. The number of aliphatic hydroxyl groups excluding tert-OH is 1. The summed E-state index contributed by atoms with van der Waals surface area (Å²) in [5, 5.41) is 10.7. The monoisotopic (exact) mass is 1510 g/mol. The molecule has 0 bridgehead atoms. The highest BCUT2D eigenvalue weighted by molar-refractivity contribution is 7.47. The van der Waals surface area contributed by atoms with Crippen LogP contribution in [0.2, 0.25) is 0 Å².